The van der Waals surface area contributed by atoms with Crippen LogP contribution in [0.4, 0.5) is 11.4 Å². The summed E-state index contributed by atoms with van der Waals surface area (Å²) in [6, 6.07) is 12.3. The van der Waals surface area contributed by atoms with E-state index in [2.05, 4.69) is 0 Å². The van der Waals surface area contributed by atoms with Crippen LogP contribution in [0.3, 0.4) is 0 Å². The van der Waals surface area contributed by atoms with Gasteiger partial charge in [-0.1, -0.05) is 36.4 Å². The predicted molar refractivity (Wildman–Crippen MR) is 163 cm³/mol. The lowest BCUT2D eigenvalue weighted by Gasteiger charge is -2.37. The van der Waals surface area contributed by atoms with Crippen molar-refractivity contribution >= 4 is 29.1 Å². The molecule has 1 spiro atoms. The number of amides is 3. The van der Waals surface area contributed by atoms with Crippen LogP contribution in [0.2, 0.25) is 0 Å². The molecule has 0 aliphatic carbocycles. The number of aliphatic hydroxyl groups is 1. The highest BCUT2D eigenvalue weighted by Crippen LogP contribution is 2.57. The van der Waals surface area contributed by atoms with Gasteiger partial charge in [0.1, 0.15) is 17.4 Å². The van der Waals surface area contributed by atoms with E-state index in [0.717, 1.165) is 16.8 Å². The summed E-state index contributed by atoms with van der Waals surface area (Å²) in [6.45, 7) is 8.91. The summed E-state index contributed by atoms with van der Waals surface area (Å²) in [5.41, 5.74) is 0.970. The van der Waals surface area contributed by atoms with Gasteiger partial charge in [-0.05, 0) is 75.6 Å². The van der Waals surface area contributed by atoms with Gasteiger partial charge in [0.15, 0.2) is 0 Å². The number of aryl methyl sites for hydroxylation is 2. The molecule has 226 valence electrons. The molecule has 3 amide bonds. The van der Waals surface area contributed by atoms with Crippen molar-refractivity contribution in [1.82, 2.24) is 4.90 Å². The third-order valence-corrected chi connectivity index (χ3v) is 9.23. The lowest BCUT2D eigenvalue weighted by atomic mass is 9.74. The molecule has 1 unspecified atom stereocenters. The second-order valence-corrected chi connectivity index (χ2v) is 12.0. The number of rotatable bonds is 7. The van der Waals surface area contributed by atoms with E-state index in [-0.39, 0.29) is 30.9 Å². The molecule has 9 nitrogen and oxygen atoms in total. The number of likely N-dealkylation sites (tertiary alicyclic amines) is 1. The summed E-state index contributed by atoms with van der Waals surface area (Å²) in [4.78, 5) is 48.5. The number of fused-ring (bicyclic) bond motifs is 2. The molecule has 4 aliphatic rings. The first-order chi connectivity index (χ1) is 20.6. The number of anilines is 2. The van der Waals surface area contributed by atoms with Gasteiger partial charge in [-0.15, -0.1) is 0 Å². The van der Waals surface area contributed by atoms with Crippen molar-refractivity contribution in [2.24, 2.45) is 11.8 Å². The standard InChI is InChI=1S/C34H39N3O6/c1-5-42-25-13-11-24(12-14-25)35-17-6-15-33(4)27(30(35)39)28-31(40)37(19-8-20-38)29-32(41)36(18-7-16-34(28,29)43-33)26-21-22(2)9-10-23(26)3/h6-7,9-16,21,27-29,38H,5,8,17-20H2,1-4H3/t27-,28-,29?,33+,34-/m0/s1. The average Bonchev–Trinajstić information content (AvgIpc) is 3.25. The fourth-order valence-corrected chi connectivity index (χ4v) is 7.35. The molecule has 43 heavy (non-hydrogen) atoms. The van der Waals surface area contributed by atoms with Crippen LogP contribution in [0.15, 0.2) is 66.8 Å². The van der Waals surface area contributed by atoms with Crippen molar-refractivity contribution in [2.75, 3.05) is 42.6 Å². The Kier molecular flexibility index (Phi) is 7.42. The van der Waals surface area contributed by atoms with Crippen LogP contribution in [0.5, 0.6) is 5.75 Å². The third kappa shape index (κ3) is 4.57. The Bertz CT molecular complexity index is 1500. The minimum atomic E-state index is -1.35. The summed E-state index contributed by atoms with van der Waals surface area (Å²) in [7, 11) is 0. The third-order valence-electron chi connectivity index (χ3n) is 9.23. The van der Waals surface area contributed by atoms with Gasteiger partial charge in [0.05, 0.1) is 24.0 Å². The van der Waals surface area contributed by atoms with Gasteiger partial charge in [0.2, 0.25) is 11.8 Å². The molecule has 2 saturated heterocycles. The van der Waals surface area contributed by atoms with E-state index in [9.17, 15) is 19.5 Å². The topological polar surface area (TPSA) is 99.6 Å². The monoisotopic (exact) mass is 585 g/mol. The number of hydrogen-bond donors (Lipinski definition) is 1. The Labute approximate surface area is 252 Å². The fraction of sp³-hybridized carbons (Fsp3) is 0.441. The molecular weight excluding hydrogens is 546 g/mol. The van der Waals surface area contributed by atoms with E-state index in [0.29, 0.717) is 37.6 Å². The van der Waals surface area contributed by atoms with E-state index in [1.165, 1.54) is 0 Å². The van der Waals surface area contributed by atoms with Gasteiger partial charge in [0.25, 0.3) is 5.91 Å². The van der Waals surface area contributed by atoms with Crippen molar-refractivity contribution in [3.05, 3.63) is 77.9 Å². The maximum absolute atomic E-state index is 14.6. The van der Waals surface area contributed by atoms with Crippen molar-refractivity contribution < 1.29 is 29.0 Å². The van der Waals surface area contributed by atoms with Crippen LogP contribution in [0, 0.1) is 25.7 Å². The highest BCUT2D eigenvalue weighted by atomic mass is 16.5. The minimum Gasteiger partial charge on any atom is -0.494 e. The first kappa shape index (κ1) is 29.1. The summed E-state index contributed by atoms with van der Waals surface area (Å²) in [6.07, 6.45) is 7.83. The molecule has 0 aromatic heterocycles. The maximum atomic E-state index is 14.6. The molecule has 5 atom stereocenters. The first-order valence-electron chi connectivity index (χ1n) is 15.0. The molecule has 9 heteroatoms. The van der Waals surface area contributed by atoms with Gasteiger partial charge in [-0.25, -0.2) is 0 Å². The molecule has 0 radical (unpaired) electrons. The second-order valence-electron chi connectivity index (χ2n) is 12.0. The number of nitrogens with zero attached hydrogens (tertiary/aromatic N) is 3. The van der Waals surface area contributed by atoms with Gasteiger partial charge >= 0.3 is 0 Å². The molecular formula is C34H39N3O6. The zero-order chi connectivity index (χ0) is 30.5. The molecule has 2 aromatic carbocycles. The molecule has 0 bridgehead atoms. The van der Waals surface area contributed by atoms with Crippen LogP contribution >= 0.6 is 0 Å². The lowest BCUT2D eigenvalue weighted by Crippen LogP contribution is -2.56. The van der Waals surface area contributed by atoms with Gasteiger partial charge in [0, 0.05) is 37.6 Å². The van der Waals surface area contributed by atoms with Crippen LogP contribution in [0.1, 0.15) is 31.4 Å². The molecule has 2 fully saturated rings. The van der Waals surface area contributed by atoms with E-state index in [1.54, 1.807) is 14.7 Å². The largest absolute Gasteiger partial charge is 0.494 e. The van der Waals surface area contributed by atoms with Gasteiger partial charge < -0.3 is 29.3 Å². The van der Waals surface area contributed by atoms with E-state index < -0.39 is 29.1 Å². The zero-order valence-electron chi connectivity index (χ0n) is 25.2. The summed E-state index contributed by atoms with van der Waals surface area (Å²) in [5.74, 6) is -1.86. The van der Waals surface area contributed by atoms with Crippen LogP contribution in [0.25, 0.3) is 0 Å². The normalized spacial score (nSPS) is 29.8. The van der Waals surface area contributed by atoms with Crippen LogP contribution < -0.4 is 14.5 Å². The lowest BCUT2D eigenvalue weighted by molar-refractivity contribution is -0.144. The predicted octanol–water partition coefficient (Wildman–Crippen LogP) is 3.56. The number of hydrogen-bond acceptors (Lipinski definition) is 6. The summed E-state index contributed by atoms with van der Waals surface area (Å²) >= 11 is 0. The number of benzene rings is 2. The Morgan fingerprint density at radius 1 is 0.930 bits per heavy atom. The summed E-state index contributed by atoms with van der Waals surface area (Å²) < 4.78 is 12.5. The number of carbonyl (C=O) groups is 3. The summed E-state index contributed by atoms with van der Waals surface area (Å²) in [5, 5.41) is 9.69. The number of aliphatic hydroxyl groups excluding tert-OH is 1. The maximum Gasteiger partial charge on any atom is 0.253 e. The van der Waals surface area contributed by atoms with E-state index >= 15 is 0 Å². The molecule has 6 rings (SSSR count). The van der Waals surface area contributed by atoms with Gasteiger partial charge in [-0.3, -0.25) is 14.4 Å². The highest BCUT2D eigenvalue weighted by Gasteiger charge is 2.74. The molecule has 1 N–H and O–H groups in total. The smallest absolute Gasteiger partial charge is 0.253 e. The Morgan fingerprint density at radius 3 is 2.37 bits per heavy atom. The first-order valence-corrected chi connectivity index (χ1v) is 15.0. The van der Waals surface area contributed by atoms with Crippen molar-refractivity contribution in [1.29, 1.82) is 0 Å². The van der Waals surface area contributed by atoms with Crippen molar-refractivity contribution in [3.63, 3.8) is 0 Å². The zero-order valence-corrected chi connectivity index (χ0v) is 25.2. The second kappa shape index (κ2) is 11.0. The highest BCUT2D eigenvalue weighted by molar-refractivity contribution is 6.07. The van der Waals surface area contributed by atoms with Gasteiger partial charge in [-0.2, -0.15) is 0 Å². The van der Waals surface area contributed by atoms with Crippen LogP contribution in [-0.2, 0) is 19.1 Å². The quantitative estimate of drug-likeness (QED) is 0.499. The Hall–Kier alpha value is -3.95. The number of carbonyl (C=O) groups excluding carboxylic acids is 3. The van der Waals surface area contributed by atoms with Crippen molar-refractivity contribution in [2.45, 2.75) is 51.4 Å². The molecule has 2 aromatic rings. The van der Waals surface area contributed by atoms with E-state index in [4.69, 9.17) is 9.47 Å². The Morgan fingerprint density at radius 2 is 1.65 bits per heavy atom. The number of ether oxygens (including phenoxy) is 2. The van der Waals surface area contributed by atoms with Crippen molar-refractivity contribution in [3.8, 4) is 5.75 Å². The SMILES string of the molecule is CCOc1ccc(N2CC=C[C@@]3(C)O[C@]45C=CCN(c6cc(C)ccc6C)C(=O)C4N(CCCO)C(=O)[C@@H]5[C@H]3C2=O)cc1. The Balaban J connectivity index is 1.44. The molecule has 4 heterocycles. The van der Waals surface area contributed by atoms with Crippen LogP contribution in [-0.4, -0.2) is 77.8 Å². The fourth-order valence-electron chi connectivity index (χ4n) is 7.35. The molecule has 0 saturated carbocycles. The van der Waals surface area contributed by atoms with E-state index in [1.807, 2.05) is 94.5 Å². The minimum absolute atomic E-state index is 0.131. The molecule has 4 aliphatic heterocycles. The average molecular weight is 586 g/mol.